The number of carbonyl (C=O) groups is 1. The SMILES string of the molecule is CN1CCN(S(=O)(=O)c2cccc(C(=O)Oc3ccc(Cl)cc3Cl)c2)CC1. The van der Waals surface area contributed by atoms with E-state index in [1.807, 2.05) is 7.05 Å². The van der Waals surface area contributed by atoms with Gasteiger partial charge in [-0.05, 0) is 43.4 Å². The Balaban J connectivity index is 1.81. The van der Waals surface area contributed by atoms with E-state index in [9.17, 15) is 13.2 Å². The smallest absolute Gasteiger partial charge is 0.343 e. The van der Waals surface area contributed by atoms with Gasteiger partial charge in [0, 0.05) is 31.2 Å². The van der Waals surface area contributed by atoms with Crippen molar-refractivity contribution in [3.8, 4) is 5.75 Å². The summed E-state index contributed by atoms with van der Waals surface area (Å²) in [6.07, 6.45) is 0. The Hall–Kier alpha value is -1.64. The van der Waals surface area contributed by atoms with Gasteiger partial charge in [-0.1, -0.05) is 29.3 Å². The third-order valence-corrected chi connectivity index (χ3v) is 6.69. The summed E-state index contributed by atoms with van der Waals surface area (Å²) in [6.45, 7) is 2.15. The molecular weight excluding hydrogens is 411 g/mol. The van der Waals surface area contributed by atoms with E-state index in [1.165, 1.54) is 40.7 Å². The van der Waals surface area contributed by atoms with Gasteiger partial charge in [0.1, 0.15) is 5.75 Å². The summed E-state index contributed by atoms with van der Waals surface area (Å²) in [5.41, 5.74) is 0.121. The summed E-state index contributed by atoms with van der Waals surface area (Å²) in [5, 5.41) is 0.608. The third kappa shape index (κ3) is 4.62. The topological polar surface area (TPSA) is 66.9 Å². The number of piperazine rings is 1. The summed E-state index contributed by atoms with van der Waals surface area (Å²) in [7, 11) is -1.73. The molecule has 9 heteroatoms. The minimum Gasteiger partial charge on any atom is -0.421 e. The number of carbonyl (C=O) groups excluding carboxylic acids is 1. The van der Waals surface area contributed by atoms with Gasteiger partial charge < -0.3 is 9.64 Å². The molecule has 0 saturated carbocycles. The number of benzene rings is 2. The van der Waals surface area contributed by atoms with Crippen LogP contribution in [0.2, 0.25) is 10.0 Å². The normalized spacial score (nSPS) is 16.3. The number of hydrogen-bond acceptors (Lipinski definition) is 5. The molecule has 0 unspecified atom stereocenters. The van der Waals surface area contributed by atoms with Crippen molar-refractivity contribution in [2.24, 2.45) is 0 Å². The van der Waals surface area contributed by atoms with Crippen LogP contribution in [0.15, 0.2) is 47.4 Å². The maximum atomic E-state index is 12.8. The number of rotatable bonds is 4. The molecule has 0 aromatic heterocycles. The summed E-state index contributed by atoms with van der Waals surface area (Å²) < 4.78 is 32.4. The monoisotopic (exact) mass is 428 g/mol. The van der Waals surface area contributed by atoms with Gasteiger partial charge in [-0.15, -0.1) is 0 Å². The van der Waals surface area contributed by atoms with E-state index >= 15 is 0 Å². The molecule has 1 aliphatic heterocycles. The predicted octanol–water partition coefficient (Wildman–Crippen LogP) is 3.15. The lowest BCUT2D eigenvalue weighted by atomic mass is 10.2. The Morgan fingerprint density at radius 1 is 1.04 bits per heavy atom. The molecule has 1 aliphatic rings. The summed E-state index contributed by atoms with van der Waals surface area (Å²) in [5.74, 6) is -0.548. The van der Waals surface area contributed by atoms with Crippen LogP contribution in [0.5, 0.6) is 5.75 Å². The fourth-order valence-corrected chi connectivity index (χ4v) is 4.59. The van der Waals surface area contributed by atoms with Crippen LogP contribution in [-0.2, 0) is 10.0 Å². The van der Waals surface area contributed by atoms with Crippen LogP contribution in [0, 0.1) is 0 Å². The number of hydrogen-bond donors (Lipinski definition) is 0. The Bertz CT molecular complexity index is 958. The molecule has 144 valence electrons. The number of nitrogens with zero attached hydrogens (tertiary/aromatic N) is 2. The number of likely N-dealkylation sites (N-methyl/N-ethyl adjacent to an activating group) is 1. The highest BCUT2D eigenvalue weighted by atomic mass is 35.5. The summed E-state index contributed by atoms with van der Waals surface area (Å²) in [6, 6.07) is 10.3. The Labute approximate surface area is 168 Å². The summed E-state index contributed by atoms with van der Waals surface area (Å²) >= 11 is 11.8. The molecule has 0 spiro atoms. The molecule has 27 heavy (non-hydrogen) atoms. The maximum Gasteiger partial charge on any atom is 0.343 e. The Morgan fingerprint density at radius 3 is 2.41 bits per heavy atom. The summed E-state index contributed by atoms with van der Waals surface area (Å²) in [4.78, 5) is 14.5. The molecule has 6 nitrogen and oxygen atoms in total. The first-order valence-electron chi connectivity index (χ1n) is 8.23. The predicted molar refractivity (Wildman–Crippen MR) is 104 cm³/mol. The van der Waals surface area contributed by atoms with Crippen molar-refractivity contribution in [2.45, 2.75) is 4.90 Å². The third-order valence-electron chi connectivity index (χ3n) is 4.27. The van der Waals surface area contributed by atoms with Crippen LogP contribution in [0.4, 0.5) is 0 Å². The molecule has 1 heterocycles. The molecule has 0 radical (unpaired) electrons. The molecule has 1 fully saturated rings. The van der Waals surface area contributed by atoms with E-state index in [0.29, 0.717) is 31.2 Å². The molecule has 0 N–H and O–H groups in total. The number of esters is 1. The average Bonchev–Trinajstić information content (AvgIpc) is 2.64. The van der Waals surface area contributed by atoms with Crippen LogP contribution < -0.4 is 4.74 Å². The van der Waals surface area contributed by atoms with Crippen LogP contribution in [-0.4, -0.2) is 56.8 Å². The van der Waals surface area contributed by atoms with Gasteiger partial charge in [-0.2, -0.15) is 4.31 Å². The van der Waals surface area contributed by atoms with Gasteiger partial charge in [0.25, 0.3) is 0 Å². The highest BCUT2D eigenvalue weighted by Crippen LogP contribution is 2.28. The molecule has 1 saturated heterocycles. The van der Waals surface area contributed by atoms with E-state index in [1.54, 1.807) is 6.07 Å². The average molecular weight is 429 g/mol. The first-order chi connectivity index (χ1) is 12.8. The first-order valence-corrected chi connectivity index (χ1v) is 10.4. The minimum absolute atomic E-state index is 0.0590. The van der Waals surface area contributed by atoms with Gasteiger partial charge >= 0.3 is 5.97 Å². The number of sulfonamides is 1. The molecule has 0 aliphatic carbocycles. The van der Waals surface area contributed by atoms with Crippen molar-refractivity contribution >= 4 is 39.2 Å². The molecule has 3 rings (SSSR count). The molecule has 0 amide bonds. The molecule has 2 aromatic rings. The van der Waals surface area contributed by atoms with Gasteiger partial charge in [-0.25, -0.2) is 13.2 Å². The van der Waals surface area contributed by atoms with Crippen LogP contribution >= 0.6 is 23.2 Å². The minimum atomic E-state index is -3.67. The standard InChI is InChI=1S/C18H18Cl2N2O4S/c1-21-7-9-22(10-8-21)27(24,25)15-4-2-3-13(11-15)18(23)26-17-6-5-14(19)12-16(17)20/h2-6,11-12H,7-10H2,1H3. The van der Waals surface area contributed by atoms with Gasteiger partial charge in [-0.3, -0.25) is 0 Å². The quantitative estimate of drug-likeness (QED) is 0.552. The zero-order chi connectivity index (χ0) is 19.6. The zero-order valence-electron chi connectivity index (χ0n) is 14.6. The fourth-order valence-electron chi connectivity index (χ4n) is 2.68. The second-order valence-electron chi connectivity index (χ2n) is 6.20. The lowest BCUT2D eigenvalue weighted by molar-refractivity contribution is 0.0734. The first kappa shape index (κ1) is 20.1. The van der Waals surface area contributed by atoms with Gasteiger partial charge in [0.15, 0.2) is 0 Å². The zero-order valence-corrected chi connectivity index (χ0v) is 16.9. The number of halogens is 2. The molecule has 0 bridgehead atoms. The van der Waals surface area contributed by atoms with Gasteiger partial charge in [0.2, 0.25) is 10.0 Å². The van der Waals surface area contributed by atoms with Crippen LogP contribution in [0.25, 0.3) is 0 Å². The molecule has 2 aromatic carbocycles. The van der Waals surface area contributed by atoms with E-state index in [4.69, 9.17) is 27.9 Å². The fraction of sp³-hybridized carbons (Fsp3) is 0.278. The lowest BCUT2D eigenvalue weighted by Gasteiger charge is -2.31. The highest BCUT2D eigenvalue weighted by molar-refractivity contribution is 7.89. The molecular formula is C18H18Cl2N2O4S. The van der Waals surface area contributed by atoms with E-state index in [-0.39, 0.29) is 21.2 Å². The maximum absolute atomic E-state index is 12.8. The second-order valence-corrected chi connectivity index (χ2v) is 8.98. The van der Waals surface area contributed by atoms with Crippen molar-refractivity contribution in [1.29, 1.82) is 0 Å². The van der Waals surface area contributed by atoms with Gasteiger partial charge in [0.05, 0.1) is 15.5 Å². The van der Waals surface area contributed by atoms with Crippen molar-refractivity contribution in [3.05, 3.63) is 58.1 Å². The van der Waals surface area contributed by atoms with E-state index in [2.05, 4.69) is 4.90 Å². The highest BCUT2D eigenvalue weighted by Gasteiger charge is 2.28. The largest absolute Gasteiger partial charge is 0.421 e. The Kier molecular flexibility index (Phi) is 6.08. The van der Waals surface area contributed by atoms with E-state index in [0.717, 1.165) is 0 Å². The van der Waals surface area contributed by atoms with E-state index < -0.39 is 16.0 Å². The van der Waals surface area contributed by atoms with Crippen molar-refractivity contribution in [2.75, 3.05) is 33.2 Å². The Morgan fingerprint density at radius 2 is 1.74 bits per heavy atom. The van der Waals surface area contributed by atoms with Crippen molar-refractivity contribution < 1.29 is 17.9 Å². The van der Waals surface area contributed by atoms with Crippen LogP contribution in [0.1, 0.15) is 10.4 Å². The van der Waals surface area contributed by atoms with Crippen molar-refractivity contribution in [1.82, 2.24) is 9.21 Å². The lowest BCUT2D eigenvalue weighted by Crippen LogP contribution is -2.47. The molecule has 0 atom stereocenters. The van der Waals surface area contributed by atoms with Crippen LogP contribution in [0.3, 0.4) is 0 Å². The van der Waals surface area contributed by atoms with Crippen molar-refractivity contribution in [3.63, 3.8) is 0 Å². The number of ether oxygens (including phenoxy) is 1. The second kappa shape index (κ2) is 8.16.